The van der Waals surface area contributed by atoms with E-state index in [-0.39, 0.29) is 11.3 Å². The van der Waals surface area contributed by atoms with Crippen LogP contribution >= 0.6 is 0 Å². The fourth-order valence-corrected chi connectivity index (χ4v) is 1.53. The van der Waals surface area contributed by atoms with Crippen LogP contribution < -0.4 is 5.32 Å². The molecule has 0 unspecified atom stereocenters. The van der Waals surface area contributed by atoms with Gasteiger partial charge < -0.3 is 14.6 Å². The number of anilines is 1. The van der Waals surface area contributed by atoms with Crippen molar-refractivity contribution in [3.05, 3.63) is 23.8 Å². The second kappa shape index (κ2) is 6.25. The standard InChI is InChI=1S/C16H23NO5/c1-15(2,3)21-13(19)11-9-10(7-8-12(11)18)17-14(20)22-16(4,5)6/h7-9,18H,1-6H3,(H,17,20). The summed E-state index contributed by atoms with van der Waals surface area (Å²) in [6.07, 6.45) is -0.645. The summed E-state index contributed by atoms with van der Waals surface area (Å²) in [4.78, 5) is 23.7. The van der Waals surface area contributed by atoms with Gasteiger partial charge in [0.2, 0.25) is 0 Å². The maximum absolute atomic E-state index is 12.0. The molecule has 1 aromatic rings. The molecule has 0 heterocycles. The summed E-state index contributed by atoms with van der Waals surface area (Å²) < 4.78 is 10.3. The number of esters is 1. The van der Waals surface area contributed by atoms with E-state index in [0.717, 1.165) is 0 Å². The summed E-state index contributed by atoms with van der Waals surface area (Å²) in [5.74, 6) is -0.887. The molecule has 1 amide bonds. The number of aromatic hydroxyl groups is 1. The van der Waals surface area contributed by atoms with Gasteiger partial charge in [-0.1, -0.05) is 0 Å². The highest BCUT2D eigenvalue weighted by molar-refractivity contribution is 5.95. The molecule has 0 aromatic heterocycles. The number of ether oxygens (including phenoxy) is 2. The number of phenolic OH excluding ortho intramolecular Hbond substituents is 1. The van der Waals surface area contributed by atoms with E-state index < -0.39 is 23.3 Å². The zero-order chi connectivity index (χ0) is 17.1. The Bertz CT molecular complexity index is 567. The van der Waals surface area contributed by atoms with Crippen LogP contribution in [0, 0.1) is 0 Å². The number of hydrogen-bond donors (Lipinski definition) is 2. The monoisotopic (exact) mass is 309 g/mol. The Morgan fingerprint density at radius 1 is 1.00 bits per heavy atom. The highest BCUT2D eigenvalue weighted by Crippen LogP contribution is 2.24. The molecule has 0 radical (unpaired) electrons. The smallest absolute Gasteiger partial charge is 0.412 e. The van der Waals surface area contributed by atoms with Gasteiger partial charge in [0.05, 0.1) is 0 Å². The van der Waals surface area contributed by atoms with E-state index in [4.69, 9.17) is 9.47 Å². The Balaban J connectivity index is 2.91. The Morgan fingerprint density at radius 2 is 1.55 bits per heavy atom. The second-order valence-electron chi connectivity index (χ2n) is 6.86. The van der Waals surface area contributed by atoms with Crippen molar-refractivity contribution in [3.8, 4) is 5.75 Å². The van der Waals surface area contributed by atoms with Gasteiger partial charge in [0, 0.05) is 5.69 Å². The maximum atomic E-state index is 12.0. The third kappa shape index (κ3) is 6.03. The lowest BCUT2D eigenvalue weighted by atomic mass is 10.1. The first-order chi connectivity index (χ1) is 9.87. The zero-order valence-electron chi connectivity index (χ0n) is 13.8. The Hall–Kier alpha value is -2.24. The molecule has 122 valence electrons. The van der Waals surface area contributed by atoms with Gasteiger partial charge in [-0.05, 0) is 59.7 Å². The molecule has 0 bridgehead atoms. The molecule has 0 aliphatic heterocycles. The van der Waals surface area contributed by atoms with Crippen molar-refractivity contribution in [1.29, 1.82) is 0 Å². The van der Waals surface area contributed by atoms with Gasteiger partial charge in [-0.15, -0.1) is 0 Å². The van der Waals surface area contributed by atoms with E-state index in [2.05, 4.69) is 5.32 Å². The summed E-state index contributed by atoms with van der Waals surface area (Å²) in [7, 11) is 0. The zero-order valence-corrected chi connectivity index (χ0v) is 13.8. The summed E-state index contributed by atoms with van der Waals surface area (Å²) in [5.41, 5.74) is -1.01. The van der Waals surface area contributed by atoms with Gasteiger partial charge in [-0.2, -0.15) is 0 Å². The SMILES string of the molecule is CC(C)(C)OC(=O)Nc1ccc(O)c(C(=O)OC(C)(C)C)c1. The fraction of sp³-hybridized carbons (Fsp3) is 0.500. The molecule has 22 heavy (non-hydrogen) atoms. The summed E-state index contributed by atoms with van der Waals surface area (Å²) in [6.45, 7) is 10.4. The number of benzene rings is 1. The molecule has 1 aromatic carbocycles. The van der Waals surface area contributed by atoms with Crippen molar-refractivity contribution >= 4 is 17.7 Å². The number of nitrogens with one attached hydrogen (secondary N) is 1. The van der Waals surface area contributed by atoms with Crippen LogP contribution in [-0.2, 0) is 9.47 Å². The number of amides is 1. The van der Waals surface area contributed by atoms with Crippen LogP contribution in [0.3, 0.4) is 0 Å². The van der Waals surface area contributed by atoms with Crippen LogP contribution in [0.1, 0.15) is 51.9 Å². The molecular formula is C16H23NO5. The quantitative estimate of drug-likeness (QED) is 0.643. The number of rotatable bonds is 2. The van der Waals surface area contributed by atoms with E-state index in [1.165, 1.54) is 18.2 Å². The third-order valence-electron chi connectivity index (χ3n) is 2.26. The van der Waals surface area contributed by atoms with Crippen molar-refractivity contribution in [2.75, 3.05) is 5.32 Å². The first-order valence-electron chi connectivity index (χ1n) is 6.94. The number of phenols is 1. The van der Waals surface area contributed by atoms with Crippen LogP contribution in [0.5, 0.6) is 5.75 Å². The molecule has 0 aliphatic carbocycles. The van der Waals surface area contributed by atoms with Crippen LogP contribution in [0.15, 0.2) is 18.2 Å². The molecule has 0 saturated heterocycles. The van der Waals surface area contributed by atoms with E-state index in [1.807, 2.05) is 0 Å². The largest absolute Gasteiger partial charge is 0.507 e. The molecule has 2 N–H and O–H groups in total. The molecule has 0 aliphatic rings. The molecular weight excluding hydrogens is 286 g/mol. The van der Waals surface area contributed by atoms with Gasteiger partial charge in [0.15, 0.2) is 0 Å². The number of carbonyl (C=O) groups excluding carboxylic acids is 2. The van der Waals surface area contributed by atoms with Crippen LogP contribution in [0.2, 0.25) is 0 Å². The van der Waals surface area contributed by atoms with Gasteiger partial charge in [-0.3, -0.25) is 5.32 Å². The lowest BCUT2D eigenvalue weighted by molar-refractivity contribution is 0.00664. The van der Waals surface area contributed by atoms with Gasteiger partial charge in [0.1, 0.15) is 22.5 Å². The molecule has 1 rings (SSSR count). The minimum atomic E-state index is -0.682. The number of hydrogen-bond acceptors (Lipinski definition) is 5. The Kier molecular flexibility index (Phi) is 5.06. The van der Waals surface area contributed by atoms with E-state index in [9.17, 15) is 14.7 Å². The maximum Gasteiger partial charge on any atom is 0.412 e. The van der Waals surface area contributed by atoms with Crippen molar-refractivity contribution in [2.45, 2.75) is 52.7 Å². The normalized spacial score (nSPS) is 11.7. The van der Waals surface area contributed by atoms with Crippen LogP contribution in [0.25, 0.3) is 0 Å². The first kappa shape index (κ1) is 17.8. The van der Waals surface area contributed by atoms with Crippen LogP contribution in [-0.4, -0.2) is 28.4 Å². The number of carbonyl (C=O) groups is 2. The van der Waals surface area contributed by atoms with Crippen molar-refractivity contribution in [2.24, 2.45) is 0 Å². The van der Waals surface area contributed by atoms with E-state index >= 15 is 0 Å². The summed E-state index contributed by atoms with van der Waals surface area (Å²) >= 11 is 0. The predicted molar refractivity (Wildman–Crippen MR) is 83.1 cm³/mol. The minimum absolute atomic E-state index is 0.0246. The van der Waals surface area contributed by atoms with Gasteiger partial charge in [0.25, 0.3) is 0 Å². The van der Waals surface area contributed by atoms with Crippen LogP contribution in [0.4, 0.5) is 10.5 Å². The molecule has 0 saturated carbocycles. The second-order valence-corrected chi connectivity index (χ2v) is 6.86. The third-order valence-corrected chi connectivity index (χ3v) is 2.26. The van der Waals surface area contributed by atoms with Crippen molar-refractivity contribution in [1.82, 2.24) is 0 Å². The lowest BCUT2D eigenvalue weighted by Crippen LogP contribution is -2.27. The molecule has 0 atom stereocenters. The van der Waals surface area contributed by atoms with E-state index in [1.54, 1.807) is 41.5 Å². The molecule has 6 heteroatoms. The predicted octanol–water partition coefficient (Wildman–Crippen LogP) is 3.69. The fourth-order valence-electron chi connectivity index (χ4n) is 1.53. The van der Waals surface area contributed by atoms with E-state index in [0.29, 0.717) is 5.69 Å². The molecule has 0 spiro atoms. The summed E-state index contributed by atoms with van der Waals surface area (Å²) in [6, 6.07) is 4.12. The van der Waals surface area contributed by atoms with Crippen molar-refractivity contribution < 1.29 is 24.2 Å². The first-order valence-corrected chi connectivity index (χ1v) is 6.94. The Labute approximate surface area is 130 Å². The van der Waals surface area contributed by atoms with Crippen molar-refractivity contribution in [3.63, 3.8) is 0 Å². The average molecular weight is 309 g/mol. The van der Waals surface area contributed by atoms with Gasteiger partial charge in [-0.25, -0.2) is 9.59 Å². The summed E-state index contributed by atoms with van der Waals surface area (Å²) in [5, 5.41) is 12.3. The minimum Gasteiger partial charge on any atom is -0.507 e. The average Bonchev–Trinajstić information content (AvgIpc) is 2.26. The molecule has 6 nitrogen and oxygen atoms in total. The highest BCUT2D eigenvalue weighted by atomic mass is 16.6. The molecule has 0 fully saturated rings. The lowest BCUT2D eigenvalue weighted by Gasteiger charge is -2.21. The van der Waals surface area contributed by atoms with Gasteiger partial charge >= 0.3 is 12.1 Å². The topological polar surface area (TPSA) is 84.9 Å². The highest BCUT2D eigenvalue weighted by Gasteiger charge is 2.22. The Morgan fingerprint density at radius 3 is 2.05 bits per heavy atom.